The first-order chi connectivity index (χ1) is 9.72. The number of pyridine rings is 2. The Labute approximate surface area is 115 Å². The number of nitrogens with one attached hydrogen (secondary N) is 1. The van der Waals surface area contributed by atoms with Gasteiger partial charge < -0.3 is 10.5 Å². The van der Waals surface area contributed by atoms with Crippen LogP contribution in [0.3, 0.4) is 0 Å². The number of para-hydroxylation sites is 1. The minimum Gasteiger partial charge on any atom is -0.619 e. The van der Waals surface area contributed by atoms with Gasteiger partial charge >= 0.3 is 0 Å². The van der Waals surface area contributed by atoms with E-state index in [0.29, 0.717) is 16.0 Å². The zero-order chi connectivity index (χ0) is 13.9. The van der Waals surface area contributed by atoms with Gasteiger partial charge in [-0.25, -0.2) is 0 Å². The summed E-state index contributed by atoms with van der Waals surface area (Å²) in [6, 6.07) is 12.5. The third-order valence-electron chi connectivity index (χ3n) is 2.91. The highest BCUT2D eigenvalue weighted by atomic mass is 16.5. The summed E-state index contributed by atoms with van der Waals surface area (Å²) in [6.45, 7) is 0. The van der Waals surface area contributed by atoms with Gasteiger partial charge in [-0.3, -0.25) is 9.78 Å². The van der Waals surface area contributed by atoms with E-state index in [1.165, 1.54) is 24.5 Å². The molecule has 5 heteroatoms. The van der Waals surface area contributed by atoms with E-state index in [-0.39, 0.29) is 5.91 Å². The lowest BCUT2D eigenvalue weighted by Crippen LogP contribution is -2.25. The van der Waals surface area contributed by atoms with Gasteiger partial charge in [-0.15, -0.1) is 0 Å². The first kappa shape index (κ1) is 12.1. The van der Waals surface area contributed by atoms with Crippen molar-refractivity contribution in [3.63, 3.8) is 0 Å². The number of anilines is 1. The van der Waals surface area contributed by atoms with Gasteiger partial charge in [0.15, 0.2) is 12.4 Å². The molecule has 5 nitrogen and oxygen atoms in total. The second-order valence-electron chi connectivity index (χ2n) is 4.32. The molecule has 0 saturated carbocycles. The number of rotatable bonds is 2. The van der Waals surface area contributed by atoms with E-state index < -0.39 is 0 Å². The monoisotopic (exact) mass is 265 g/mol. The van der Waals surface area contributed by atoms with Crippen molar-refractivity contribution in [2.45, 2.75) is 0 Å². The second-order valence-corrected chi connectivity index (χ2v) is 4.32. The fourth-order valence-electron chi connectivity index (χ4n) is 1.91. The van der Waals surface area contributed by atoms with E-state index in [0.717, 1.165) is 10.9 Å². The van der Waals surface area contributed by atoms with E-state index in [1.54, 1.807) is 6.20 Å². The van der Waals surface area contributed by atoms with Crippen molar-refractivity contribution in [2.75, 3.05) is 5.32 Å². The lowest BCUT2D eigenvalue weighted by molar-refractivity contribution is -0.605. The number of carbonyl (C=O) groups is 1. The summed E-state index contributed by atoms with van der Waals surface area (Å²) < 4.78 is 0.633. The second kappa shape index (κ2) is 4.97. The molecule has 0 radical (unpaired) electrons. The number of amides is 1. The van der Waals surface area contributed by atoms with Crippen molar-refractivity contribution < 1.29 is 9.52 Å². The summed E-state index contributed by atoms with van der Waals surface area (Å²) in [5, 5.41) is 14.6. The van der Waals surface area contributed by atoms with Gasteiger partial charge in [0.05, 0.1) is 23.0 Å². The Hall–Kier alpha value is -2.95. The van der Waals surface area contributed by atoms with Crippen LogP contribution in [0, 0.1) is 5.21 Å². The molecular weight excluding hydrogens is 254 g/mol. The number of aromatic nitrogens is 2. The SMILES string of the molecule is O=C(Nc1cnc2ccccc2c1)c1cc[n+]([O-])cc1. The molecule has 2 aromatic heterocycles. The van der Waals surface area contributed by atoms with Crippen molar-refractivity contribution in [3.8, 4) is 0 Å². The quantitative estimate of drug-likeness (QED) is 0.570. The van der Waals surface area contributed by atoms with E-state index >= 15 is 0 Å². The molecule has 0 unspecified atom stereocenters. The van der Waals surface area contributed by atoms with Crippen molar-refractivity contribution in [1.82, 2.24) is 4.98 Å². The first-order valence-corrected chi connectivity index (χ1v) is 6.07. The topological polar surface area (TPSA) is 68.9 Å². The highest BCUT2D eigenvalue weighted by Crippen LogP contribution is 2.16. The maximum atomic E-state index is 12.0. The minimum atomic E-state index is -0.275. The smallest absolute Gasteiger partial charge is 0.256 e. The van der Waals surface area contributed by atoms with Crippen LogP contribution in [0.25, 0.3) is 10.9 Å². The van der Waals surface area contributed by atoms with Crippen LogP contribution in [0.1, 0.15) is 10.4 Å². The lowest BCUT2D eigenvalue weighted by atomic mass is 10.2. The fraction of sp³-hybridized carbons (Fsp3) is 0. The van der Waals surface area contributed by atoms with Gasteiger partial charge in [0.1, 0.15) is 0 Å². The summed E-state index contributed by atoms with van der Waals surface area (Å²) in [7, 11) is 0. The van der Waals surface area contributed by atoms with E-state index in [9.17, 15) is 10.0 Å². The molecule has 1 N–H and O–H groups in total. The zero-order valence-corrected chi connectivity index (χ0v) is 10.5. The third kappa shape index (κ3) is 2.42. The van der Waals surface area contributed by atoms with Crippen LogP contribution in [-0.2, 0) is 0 Å². The van der Waals surface area contributed by atoms with Crippen molar-refractivity contribution in [3.05, 3.63) is 71.8 Å². The summed E-state index contributed by atoms with van der Waals surface area (Å²) in [6.07, 6.45) is 4.18. The van der Waals surface area contributed by atoms with Gasteiger partial charge in [-0.1, -0.05) is 18.2 Å². The first-order valence-electron chi connectivity index (χ1n) is 6.07. The Kier molecular flexibility index (Phi) is 3.01. The molecule has 0 aliphatic rings. The van der Waals surface area contributed by atoms with Crippen LogP contribution in [0.15, 0.2) is 61.1 Å². The Morgan fingerprint density at radius 3 is 2.70 bits per heavy atom. The molecule has 1 aromatic carbocycles. The molecule has 0 atom stereocenters. The molecule has 0 spiro atoms. The molecule has 3 aromatic rings. The Bertz CT molecular complexity index is 769. The number of hydrogen-bond donors (Lipinski definition) is 1. The number of carbonyl (C=O) groups excluding carboxylic acids is 1. The number of benzene rings is 1. The Morgan fingerprint density at radius 2 is 1.90 bits per heavy atom. The normalized spacial score (nSPS) is 10.4. The summed E-state index contributed by atoms with van der Waals surface area (Å²) in [5.41, 5.74) is 1.91. The number of fused-ring (bicyclic) bond motifs is 1. The molecule has 0 fully saturated rings. The maximum absolute atomic E-state index is 12.0. The largest absolute Gasteiger partial charge is 0.619 e. The van der Waals surface area contributed by atoms with E-state index in [1.807, 2.05) is 30.3 Å². The van der Waals surface area contributed by atoms with E-state index in [4.69, 9.17) is 0 Å². The highest BCUT2D eigenvalue weighted by molar-refractivity contribution is 6.04. The minimum absolute atomic E-state index is 0.275. The van der Waals surface area contributed by atoms with Crippen molar-refractivity contribution in [1.29, 1.82) is 0 Å². The maximum Gasteiger partial charge on any atom is 0.256 e. The lowest BCUT2D eigenvalue weighted by Gasteiger charge is -2.06. The summed E-state index contributed by atoms with van der Waals surface area (Å²) in [5.74, 6) is -0.275. The molecule has 0 aliphatic heterocycles. The number of hydrogen-bond acceptors (Lipinski definition) is 3. The molecule has 2 heterocycles. The Balaban J connectivity index is 1.85. The average molecular weight is 265 g/mol. The van der Waals surface area contributed by atoms with Crippen molar-refractivity contribution >= 4 is 22.5 Å². The predicted octanol–water partition coefficient (Wildman–Crippen LogP) is 2.12. The molecule has 3 rings (SSSR count). The zero-order valence-electron chi connectivity index (χ0n) is 10.5. The molecule has 0 aliphatic carbocycles. The molecule has 1 amide bonds. The van der Waals surface area contributed by atoms with E-state index in [2.05, 4.69) is 10.3 Å². The van der Waals surface area contributed by atoms with Gasteiger partial charge in [-0.05, 0) is 12.1 Å². The Morgan fingerprint density at radius 1 is 1.15 bits per heavy atom. The van der Waals surface area contributed by atoms with Gasteiger partial charge in [-0.2, -0.15) is 4.73 Å². The molecule has 0 bridgehead atoms. The summed E-state index contributed by atoms with van der Waals surface area (Å²) >= 11 is 0. The van der Waals surface area contributed by atoms with Gasteiger partial charge in [0, 0.05) is 17.5 Å². The van der Waals surface area contributed by atoms with Crippen LogP contribution in [-0.4, -0.2) is 10.9 Å². The summed E-state index contributed by atoms with van der Waals surface area (Å²) in [4.78, 5) is 16.3. The number of nitrogens with zero attached hydrogens (tertiary/aromatic N) is 2. The highest BCUT2D eigenvalue weighted by Gasteiger charge is 2.07. The third-order valence-corrected chi connectivity index (χ3v) is 2.91. The van der Waals surface area contributed by atoms with Gasteiger partial charge in [0.2, 0.25) is 0 Å². The van der Waals surface area contributed by atoms with Crippen LogP contribution in [0.5, 0.6) is 0 Å². The van der Waals surface area contributed by atoms with Gasteiger partial charge in [0.25, 0.3) is 5.91 Å². The molecule has 98 valence electrons. The van der Waals surface area contributed by atoms with Crippen LogP contribution in [0.2, 0.25) is 0 Å². The fourth-order valence-corrected chi connectivity index (χ4v) is 1.91. The van der Waals surface area contributed by atoms with Crippen molar-refractivity contribution in [2.24, 2.45) is 0 Å². The molecule has 0 saturated heterocycles. The van der Waals surface area contributed by atoms with Crippen LogP contribution < -0.4 is 10.0 Å². The molecular formula is C15H11N3O2. The van der Waals surface area contributed by atoms with Crippen LogP contribution in [0.4, 0.5) is 5.69 Å². The predicted molar refractivity (Wildman–Crippen MR) is 75.1 cm³/mol. The standard InChI is InChI=1S/C15H11N3O2/c19-15(11-5-7-18(20)8-6-11)17-13-9-12-3-1-2-4-14(12)16-10-13/h1-10H,(H,17,19). The average Bonchev–Trinajstić information content (AvgIpc) is 2.48. The van der Waals surface area contributed by atoms with Crippen LogP contribution >= 0.6 is 0 Å². The molecule has 20 heavy (non-hydrogen) atoms.